The van der Waals surface area contributed by atoms with E-state index in [0.29, 0.717) is 30.2 Å². The Bertz CT molecular complexity index is 1070. The highest BCUT2D eigenvalue weighted by Crippen LogP contribution is 2.33. The van der Waals surface area contributed by atoms with Gasteiger partial charge >= 0.3 is 6.09 Å². The van der Waals surface area contributed by atoms with Crippen molar-refractivity contribution in [2.45, 2.75) is 38.8 Å². The highest BCUT2D eigenvalue weighted by Gasteiger charge is 2.45. The SMILES string of the molecule is CN(C(=O)OC1(C)CN(c2nc3ncc(Br)cc3n3cnnc23)C1)C(C)(C)C. The molecule has 1 fully saturated rings. The highest BCUT2D eigenvalue weighted by atomic mass is 79.9. The Morgan fingerprint density at radius 3 is 2.75 bits per heavy atom. The molecule has 1 saturated heterocycles. The molecule has 0 bridgehead atoms. The van der Waals surface area contributed by atoms with Crippen molar-refractivity contribution in [2.24, 2.45) is 0 Å². The van der Waals surface area contributed by atoms with Crippen molar-refractivity contribution in [1.29, 1.82) is 0 Å². The number of fused-ring (bicyclic) bond motifs is 3. The van der Waals surface area contributed by atoms with Crippen molar-refractivity contribution in [3.8, 4) is 0 Å². The van der Waals surface area contributed by atoms with Crippen LogP contribution in [0.3, 0.4) is 0 Å². The van der Waals surface area contributed by atoms with E-state index in [1.54, 1.807) is 24.5 Å². The van der Waals surface area contributed by atoms with Crippen LogP contribution in [0.5, 0.6) is 0 Å². The second-order valence-electron chi connectivity index (χ2n) is 8.36. The molecule has 28 heavy (non-hydrogen) atoms. The minimum absolute atomic E-state index is 0.301. The molecule has 10 heteroatoms. The van der Waals surface area contributed by atoms with Crippen LogP contribution in [0.15, 0.2) is 23.1 Å². The van der Waals surface area contributed by atoms with Gasteiger partial charge in [0.1, 0.15) is 11.9 Å². The Hall–Kier alpha value is -2.49. The fraction of sp³-hybridized carbons (Fsp3) is 0.500. The van der Waals surface area contributed by atoms with Gasteiger partial charge in [0.05, 0.1) is 18.6 Å². The van der Waals surface area contributed by atoms with Crippen LogP contribution >= 0.6 is 15.9 Å². The van der Waals surface area contributed by atoms with Crippen LogP contribution in [0.1, 0.15) is 27.7 Å². The second-order valence-corrected chi connectivity index (χ2v) is 9.28. The number of carbonyl (C=O) groups is 1. The predicted molar refractivity (Wildman–Crippen MR) is 108 cm³/mol. The molecule has 148 valence electrons. The Kier molecular flexibility index (Phi) is 4.22. The van der Waals surface area contributed by atoms with Gasteiger partial charge in [0.15, 0.2) is 11.5 Å². The lowest BCUT2D eigenvalue weighted by molar-refractivity contribution is -0.0231. The molecule has 1 amide bonds. The van der Waals surface area contributed by atoms with E-state index in [1.165, 1.54) is 0 Å². The van der Waals surface area contributed by atoms with Crippen LogP contribution in [-0.2, 0) is 4.74 Å². The summed E-state index contributed by atoms with van der Waals surface area (Å²) in [4.78, 5) is 25.1. The van der Waals surface area contributed by atoms with E-state index < -0.39 is 5.60 Å². The summed E-state index contributed by atoms with van der Waals surface area (Å²) in [5.74, 6) is 0.678. The van der Waals surface area contributed by atoms with Crippen LogP contribution in [0.25, 0.3) is 16.8 Å². The molecule has 9 nitrogen and oxygen atoms in total. The topological polar surface area (TPSA) is 88.8 Å². The molecule has 4 heterocycles. The summed E-state index contributed by atoms with van der Waals surface area (Å²) in [7, 11) is 1.75. The molecule has 0 spiro atoms. The maximum atomic E-state index is 12.4. The fourth-order valence-electron chi connectivity index (χ4n) is 3.14. The van der Waals surface area contributed by atoms with Gasteiger partial charge in [0, 0.05) is 23.3 Å². The summed E-state index contributed by atoms with van der Waals surface area (Å²) in [6.45, 7) is 8.88. The van der Waals surface area contributed by atoms with Crippen LogP contribution in [0, 0.1) is 0 Å². The maximum absolute atomic E-state index is 12.4. The lowest BCUT2D eigenvalue weighted by Gasteiger charge is -2.48. The molecule has 3 aromatic rings. The van der Waals surface area contributed by atoms with E-state index >= 15 is 0 Å². The third kappa shape index (κ3) is 3.15. The van der Waals surface area contributed by atoms with E-state index in [1.807, 2.05) is 43.1 Å². The van der Waals surface area contributed by atoms with Gasteiger partial charge in [-0.15, -0.1) is 10.2 Å². The van der Waals surface area contributed by atoms with E-state index in [-0.39, 0.29) is 11.6 Å². The Morgan fingerprint density at radius 1 is 1.36 bits per heavy atom. The van der Waals surface area contributed by atoms with Crippen molar-refractivity contribution in [3.05, 3.63) is 23.1 Å². The minimum atomic E-state index is -0.586. The summed E-state index contributed by atoms with van der Waals surface area (Å²) in [5.41, 5.74) is 1.18. The monoisotopic (exact) mass is 447 g/mol. The first-order valence-electron chi connectivity index (χ1n) is 8.94. The number of amides is 1. The van der Waals surface area contributed by atoms with Crippen LogP contribution in [-0.4, -0.2) is 66.8 Å². The molecule has 0 atom stereocenters. The van der Waals surface area contributed by atoms with Gasteiger partial charge in [0.2, 0.25) is 5.65 Å². The number of aromatic nitrogens is 5. The van der Waals surface area contributed by atoms with Crippen molar-refractivity contribution < 1.29 is 9.53 Å². The summed E-state index contributed by atoms with van der Waals surface area (Å²) >= 11 is 3.43. The average molecular weight is 448 g/mol. The van der Waals surface area contributed by atoms with Crippen molar-refractivity contribution in [2.75, 3.05) is 25.0 Å². The molecule has 0 saturated carbocycles. The smallest absolute Gasteiger partial charge is 0.410 e. The van der Waals surface area contributed by atoms with Crippen molar-refractivity contribution in [1.82, 2.24) is 29.5 Å². The number of hydrogen-bond donors (Lipinski definition) is 0. The first-order chi connectivity index (χ1) is 13.1. The maximum Gasteiger partial charge on any atom is 0.410 e. The zero-order valence-corrected chi connectivity index (χ0v) is 18.1. The van der Waals surface area contributed by atoms with E-state index in [2.05, 4.69) is 36.1 Å². The summed E-state index contributed by atoms with van der Waals surface area (Å²) in [6.07, 6.45) is 3.02. The van der Waals surface area contributed by atoms with E-state index in [0.717, 1.165) is 9.99 Å². The molecular weight excluding hydrogens is 426 g/mol. The van der Waals surface area contributed by atoms with Gasteiger partial charge < -0.3 is 14.5 Å². The Morgan fingerprint density at radius 2 is 2.07 bits per heavy atom. The molecule has 0 radical (unpaired) electrons. The molecule has 3 aromatic heterocycles. The van der Waals surface area contributed by atoms with Gasteiger partial charge in [-0.05, 0) is 49.7 Å². The number of hydrogen-bond acceptors (Lipinski definition) is 7. The number of nitrogens with zero attached hydrogens (tertiary/aromatic N) is 7. The zero-order valence-electron chi connectivity index (χ0n) is 16.5. The molecule has 0 unspecified atom stereocenters. The fourth-order valence-corrected chi connectivity index (χ4v) is 3.46. The third-order valence-electron chi connectivity index (χ3n) is 5.00. The summed E-state index contributed by atoms with van der Waals surface area (Å²) in [5, 5.41) is 8.25. The number of ether oxygens (including phenoxy) is 1. The molecular formula is C18H22BrN7O2. The van der Waals surface area contributed by atoms with Crippen LogP contribution in [0.4, 0.5) is 10.6 Å². The lowest BCUT2D eigenvalue weighted by atomic mass is 9.96. The average Bonchev–Trinajstić information content (AvgIpc) is 3.07. The van der Waals surface area contributed by atoms with Crippen LogP contribution < -0.4 is 4.90 Å². The summed E-state index contributed by atoms with van der Waals surface area (Å²) in [6, 6.07) is 1.93. The Labute approximate surface area is 170 Å². The number of halogens is 1. The van der Waals surface area contributed by atoms with E-state index in [4.69, 9.17) is 4.74 Å². The van der Waals surface area contributed by atoms with Gasteiger partial charge in [-0.25, -0.2) is 14.8 Å². The highest BCUT2D eigenvalue weighted by molar-refractivity contribution is 9.10. The van der Waals surface area contributed by atoms with Gasteiger partial charge in [-0.2, -0.15) is 0 Å². The first-order valence-corrected chi connectivity index (χ1v) is 9.73. The van der Waals surface area contributed by atoms with Crippen LogP contribution in [0.2, 0.25) is 0 Å². The standard InChI is InChI=1S/C18H22BrN7O2/c1-17(2,3)24(5)16(27)28-18(4)8-25(9-18)14-15-23-21-10-26(15)12-6-11(19)7-20-13(12)22-14/h6-7,10H,8-9H2,1-5H3. The predicted octanol–water partition coefficient (Wildman–Crippen LogP) is 2.88. The van der Waals surface area contributed by atoms with Gasteiger partial charge in [-0.3, -0.25) is 4.40 Å². The zero-order chi connectivity index (χ0) is 20.3. The number of rotatable bonds is 2. The normalized spacial score (nSPS) is 16.3. The molecule has 4 rings (SSSR count). The Balaban J connectivity index is 1.59. The van der Waals surface area contributed by atoms with E-state index in [9.17, 15) is 4.79 Å². The number of anilines is 1. The number of pyridine rings is 1. The minimum Gasteiger partial charge on any atom is -0.439 e. The lowest BCUT2D eigenvalue weighted by Crippen LogP contribution is -2.64. The second kappa shape index (κ2) is 6.26. The van der Waals surface area contributed by atoms with Crippen molar-refractivity contribution in [3.63, 3.8) is 0 Å². The molecule has 1 aliphatic heterocycles. The van der Waals surface area contributed by atoms with Crippen molar-refractivity contribution >= 4 is 44.7 Å². The first kappa shape index (κ1) is 18.9. The largest absolute Gasteiger partial charge is 0.439 e. The molecule has 1 aliphatic rings. The molecule has 0 aliphatic carbocycles. The summed E-state index contributed by atoms with van der Waals surface area (Å²) < 4.78 is 8.49. The quantitative estimate of drug-likeness (QED) is 0.596. The van der Waals surface area contributed by atoms with Gasteiger partial charge in [0.25, 0.3) is 0 Å². The number of carbonyl (C=O) groups excluding carboxylic acids is 1. The third-order valence-corrected chi connectivity index (χ3v) is 5.43. The molecule has 0 aromatic carbocycles. The van der Waals surface area contributed by atoms with Gasteiger partial charge in [-0.1, -0.05) is 0 Å². The molecule has 0 N–H and O–H groups in total.